The van der Waals surface area contributed by atoms with Gasteiger partial charge in [0.2, 0.25) is 11.8 Å². The summed E-state index contributed by atoms with van der Waals surface area (Å²) in [5.41, 5.74) is -0.0538. The average Bonchev–Trinajstić information content (AvgIpc) is 2.91. The molecule has 2 N–H and O–H groups in total. The normalized spacial score (nSPS) is 22.1. The van der Waals surface area contributed by atoms with E-state index < -0.39 is 41.6 Å². The van der Waals surface area contributed by atoms with Gasteiger partial charge in [-0.25, -0.2) is 9.18 Å². The first-order valence-electron chi connectivity index (χ1n) is 9.06. The molecule has 3 heterocycles. The molecule has 3 aliphatic rings. The minimum absolute atomic E-state index is 0.00270. The van der Waals surface area contributed by atoms with Crippen molar-refractivity contribution < 1.29 is 33.5 Å². The predicted octanol–water partition coefficient (Wildman–Crippen LogP) is 0.0269. The number of piperazine rings is 1. The van der Waals surface area contributed by atoms with Gasteiger partial charge < -0.3 is 14.9 Å². The molecule has 0 aliphatic carbocycles. The number of hydrogen-bond donors (Lipinski definition) is 2. The number of carbonyl (C=O) groups excluding carboxylic acids is 4. The molecule has 1 aromatic carbocycles. The molecule has 1 atom stereocenters. The summed E-state index contributed by atoms with van der Waals surface area (Å²) in [6.07, 6.45) is -1.04. The topological polar surface area (TPSA) is 127 Å². The molecule has 3 aliphatic heterocycles. The van der Waals surface area contributed by atoms with E-state index in [1.807, 2.05) is 0 Å². The van der Waals surface area contributed by atoms with Gasteiger partial charge >= 0.3 is 6.09 Å². The zero-order chi connectivity index (χ0) is 20.9. The molecule has 29 heavy (non-hydrogen) atoms. The van der Waals surface area contributed by atoms with Crippen LogP contribution in [0.25, 0.3) is 0 Å². The summed E-state index contributed by atoms with van der Waals surface area (Å²) in [5.74, 6) is -3.41. The van der Waals surface area contributed by atoms with Crippen LogP contribution in [-0.2, 0) is 9.59 Å². The third-order valence-electron chi connectivity index (χ3n) is 5.40. The summed E-state index contributed by atoms with van der Waals surface area (Å²) in [6.45, 7) is 0.838. The third-order valence-corrected chi connectivity index (χ3v) is 5.40. The number of imide groups is 2. The molecule has 1 aromatic rings. The van der Waals surface area contributed by atoms with Gasteiger partial charge in [-0.1, -0.05) is 0 Å². The molecule has 11 heteroatoms. The maximum absolute atomic E-state index is 14.7. The molecule has 1 unspecified atom stereocenters. The minimum Gasteiger partial charge on any atom is -0.465 e. The Morgan fingerprint density at radius 2 is 1.66 bits per heavy atom. The van der Waals surface area contributed by atoms with Crippen LogP contribution in [-0.4, -0.2) is 76.8 Å². The van der Waals surface area contributed by atoms with Crippen molar-refractivity contribution in [1.29, 1.82) is 0 Å². The largest absolute Gasteiger partial charge is 0.465 e. The number of rotatable bonds is 2. The Bertz CT molecular complexity index is 956. The lowest BCUT2D eigenvalue weighted by molar-refractivity contribution is -0.136. The molecule has 152 valence electrons. The summed E-state index contributed by atoms with van der Waals surface area (Å²) >= 11 is 0. The maximum atomic E-state index is 14.7. The lowest BCUT2D eigenvalue weighted by Crippen LogP contribution is -2.54. The number of anilines is 1. The molecule has 5 amide bonds. The summed E-state index contributed by atoms with van der Waals surface area (Å²) in [6, 6.07) is 1.12. The van der Waals surface area contributed by atoms with Crippen LogP contribution in [0.15, 0.2) is 12.1 Å². The first kappa shape index (κ1) is 18.8. The second kappa shape index (κ2) is 6.83. The SMILES string of the molecule is O=C1CCC(N2C(=O)c3cc(F)c(N4CCN(C(=O)O)CC4)cc3C2=O)C(=O)N1. The third kappa shape index (κ3) is 3.08. The second-order valence-corrected chi connectivity index (χ2v) is 7.05. The minimum atomic E-state index is -1.12. The number of carbonyl (C=O) groups is 5. The van der Waals surface area contributed by atoms with Crippen molar-refractivity contribution in [3.8, 4) is 0 Å². The lowest BCUT2D eigenvalue weighted by Gasteiger charge is -2.34. The van der Waals surface area contributed by atoms with Gasteiger partial charge in [-0.15, -0.1) is 0 Å². The van der Waals surface area contributed by atoms with E-state index in [0.717, 1.165) is 11.0 Å². The highest BCUT2D eigenvalue weighted by atomic mass is 19.1. The molecule has 2 saturated heterocycles. The summed E-state index contributed by atoms with van der Waals surface area (Å²) in [7, 11) is 0. The first-order chi connectivity index (χ1) is 13.8. The fourth-order valence-electron chi connectivity index (χ4n) is 3.86. The number of benzene rings is 1. The van der Waals surface area contributed by atoms with E-state index >= 15 is 0 Å². The molecule has 0 spiro atoms. The predicted molar refractivity (Wildman–Crippen MR) is 94.9 cm³/mol. The summed E-state index contributed by atoms with van der Waals surface area (Å²) < 4.78 is 14.7. The Kier molecular flexibility index (Phi) is 4.44. The van der Waals surface area contributed by atoms with Crippen LogP contribution in [0.1, 0.15) is 33.6 Å². The van der Waals surface area contributed by atoms with Gasteiger partial charge in [-0.05, 0) is 18.6 Å². The quantitative estimate of drug-likeness (QED) is 0.666. The Balaban J connectivity index is 1.61. The van der Waals surface area contributed by atoms with Crippen LogP contribution in [0.3, 0.4) is 0 Å². The van der Waals surface area contributed by atoms with Crippen LogP contribution < -0.4 is 10.2 Å². The molecule has 0 radical (unpaired) electrons. The van der Waals surface area contributed by atoms with Crippen LogP contribution in [0, 0.1) is 5.82 Å². The highest BCUT2D eigenvalue weighted by Crippen LogP contribution is 2.33. The van der Waals surface area contributed by atoms with Gasteiger partial charge in [0.15, 0.2) is 0 Å². The average molecular weight is 404 g/mol. The van der Waals surface area contributed by atoms with Crippen LogP contribution in [0.2, 0.25) is 0 Å². The smallest absolute Gasteiger partial charge is 0.407 e. The van der Waals surface area contributed by atoms with Crippen molar-refractivity contribution in [2.45, 2.75) is 18.9 Å². The zero-order valence-corrected chi connectivity index (χ0v) is 15.2. The molecule has 4 rings (SSSR count). The zero-order valence-electron chi connectivity index (χ0n) is 15.2. The molecule has 0 aromatic heterocycles. The van der Waals surface area contributed by atoms with Gasteiger partial charge in [-0.3, -0.25) is 29.4 Å². The number of nitrogens with zero attached hydrogens (tertiary/aromatic N) is 3. The molecular formula is C18H17FN4O6. The number of hydrogen-bond acceptors (Lipinski definition) is 6. The number of piperidine rings is 1. The molecule has 0 bridgehead atoms. The van der Waals surface area contributed by atoms with Gasteiger partial charge in [0, 0.05) is 32.6 Å². The van der Waals surface area contributed by atoms with Crippen LogP contribution in [0.5, 0.6) is 0 Å². The number of nitrogens with one attached hydrogen (secondary N) is 1. The Labute approximate surface area is 163 Å². The highest BCUT2D eigenvalue weighted by molar-refractivity contribution is 6.23. The lowest BCUT2D eigenvalue weighted by atomic mass is 10.0. The van der Waals surface area contributed by atoms with Crippen molar-refractivity contribution >= 4 is 35.4 Å². The Morgan fingerprint density at radius 1 is 1.03 bits per heavy atom. The Hall–Kier alpha value is -3.50. The molecular weight excluding hydrogens is 387 g/mol. The van der Waals surface area contributed by atoms with Gasteiger partial charge in [0.05, 0.1) is 16.8 Å². The second-order valence-electron chi connectivity index (χ2n) is 7.05. The van der Waals surface area contributed by atoms with E-state index in [9.17, 15) is 28.4 Å². The van der Waals surface area contributed by atoms with Crippen molar-refractivity contribution in [2.24, 2.45) is 0 Å². The molecule has 2 fully saturated rings. The van der Waals surface area contributed by atoms with Gasteiger partial charge in [0.25, 0.3) is 11.8 Å². The van der Waals surface area contributed by atoms with E-state index in [1.54, 1.807) is 4.90 Å². The van der Waals surface area contributed by atoms with Crippen molar-refractivity contribution in [3.05, 3.63) is 29.1 Å². The van der Waals surface area contributed by atoms with E-state index in [-0.39, 0.29) is 55.8 Å². The Morgan fingerprint density at radius 3 is 2.24 bits per heavy atom. The van der Waals surface area contributed by atoms with Crippen molar-refractivity contribution in [2.75, 3.05) is 31.1 Å². The number of halogens is 1. The standard InChI is InChI=1S/C18H17FN4O6/c19-11-7-9-10(8-13(11)21-3-5-22(6-4-21)18(28)29)17(27)23(16(9)26)12-1-2-14(24)20-15(12)25/h7-8,12H,1-6H2,(H,28,29)(H,20,24,25). The maximum Gasteiger partial charge on any atom is 0.407 e. The molecule has 0 saturated carbocycles. The number of carboxylic acid groups (broad SMARTS) is 1. The van der Waals surface area contributed by atoms with E-state index in [4.69, 9.17) is 5.11 Å². The van der Waals surface area contributed by atoms with Crippen molar-refractivity contribution in [3.63, 3.8) is 0 Å². The number of fused-ring (bicyclic) bond motifs is 1. The first-order valence-corrected chi connectivity index (χ1v) is 9.06. The van der Waals surface area contributed by atoms with Gasteiger partial charge in [-0.2, -0.15) is 0 Å². The van der Waals surface area contributed by atoms with Crippen molar-refractivity contribution in [1.82, 2.24) is 15.1 Å². The summed E-state index contributed by atoms with van der Waals surface area (Å²) in [5, 5.41) is 11.1. The monoisotopic (exact) mass is 404 g/mol. The fraction of sp³-hybridized carbons (Fsp3) is 0.389. The highest BCUT2D eigenvalue weighted by Gasteiger charge is 2.45. The van der Waals surface area contributed by atoms with E-state index in [2.05, 4.69) is 5.32 Å². The van der Waals surface area contributed by atoms with Gasteiger partial charge in [0.1, 0.15) is 11.9 Å². The number of amides is 5. The van der Waals surface area contributed by atoms with E-state index in [0.29, 0.717) is 0 Å². The van der Waals surface area contributed by atoms with Crippen LogP contribution in [0.4, 0.5) is 14.9 Å². The molecule has 10 nitrogen and oxygen atoms in total. The van der Waals surface area contributed by atoms with Crippen LogP contribution >= 0.6 is 0 Å². The fourth-order valence-corrected chi connectivity index (χ4v) is 3.86. The van der Waals surface area contributed by atoms with E-state index in [1.165, 1.54) is 11.0 Å². The summed E-state index contributed by atoms with van der Waals surface area (Å²) in [4.78, 5) is 63.6.